The molecular formula is C21H36OSi. The predicted octanol–water partition coefficient (Wildman–Crippen LogP) is 6.98. The molecule has 2 rings (SSSR count). The number of rotatable bonds is 5. The second kappa shape index (κ2) is 7.52. The van der Waals surface area contributed by atoms with E-state index in [9.17, 15) is 0 Å². The molecule has 0 amide bonds. The summed E-state index contributed by atoms with van der Waals surface area (Å²) in [6.07, 6.45) is 7.07. The predicted molar refractivity (Wildman–Crippen MR) is 104 cm³/mol. The van der Waals surface area contributed by atoms with Crippen molar-refractivity contribution < 1.29 is 4.74 Å². The maximum atomic E-state index is 6.70. The van der Waals surface area contributed by atoms with Crippen molar-refractivity contribution in [2.75, 3.05) is 0 Å². The van der Waals surface area contributed by atoms with Crippen LogP contribution in [0.2, 0.25) is 23.7 Å². The Morgan fingerprint density at radius 2 is 1.74 bits per heavy atom. The lowest BCUT2D eigenvalue weighted by molar-refractivity contribution is -0.0573. The lowest BCUT2D eigenvalue weighted by Gasteiger charge is -2.50. The topological polar surface area (TPSA) is 9.23 Å². The largest absolute Gasteiger partial charge is 0.370 e. The molecule has 2 heteroatoms. The molecule has 0 saturated carbocycles. The van der Waals surface area contributed by atoms with Gasteiger partial charge in [0.2, 0.25) is 0 Å². The molecule has 0 unspecified atom stereocenters. The highest BCUT2D eigenvalue weighted by Gasteiger charge is 2.47. The average Bonchev–Trinajstić information content (AvgIpc) is 2.52. The Kier molecular flexibility index (Phi) is 6.13. The van der Waals surface area contributed by atoms with E-state index in [1.165, 1.54) is 37.7 Å². The van der Waals surface area contributed by atoms with E-state index in [0.717, 1.165) is 5.54 Å². The summed E-state index contributed by atoms with van der Waals surface area (Å²) in [5.74, 6) is 0. The van der Waals surface area contributed by atoms with Gasteiger partial charge in [0.15, 0.2) is 0 Å². The van der Waals surface area contributed by atoms with Crippen LogP contribution in [0.4, 0.5) is 0 Å². The SMILES string of the molecule is CCCC[C@H]1O[C@@H](c2ccccc2)CC[C@@H]1[Si](C)(C)C(C)(C)C. The number of benzene rings is 1. The van der Waals surface area contributed by atoms with Gasteiger partial charge >= 0.3 is 0 Å². The minimum atomic E-state index is -1.37. The molecule has 0 bridgehead atoms. The maximum Gasteiger partial charge on any atom is 0.0828 e. The molecule has 23 heavy (non-hydrogen) atoms. The van der Waals surface area contributed by atoms with Gasteiger partial charge in [0.25, 0.3) is 0 Å². The van der Waals surface area contributed by atoms with Crippen LogP contribution < -0.4 is 0 Å². The molecular weight excluding hydrogens is 296 g/mol. The van der Waals surface area contributed by atoms with Crippen LogP contribution in [0.1, 0.15) is 71.5 Å². The molecule has 3 atom stereocenters. The van der Waals surface area contributed by atoms with Gasteiger partial charge in [-0.2, -0.15) is 0 Å². The van der Waals surface area contributed by atoms with Crippen molar-refractivity contribution in [3.63, 3.8) is 0 Å². The van der Waals surface area contributed by atoms with Crippen LogP contribution in [0.3, 0.4) is 0 Å². The molecule has 0 aliphatic carbocycles. The first kappa shape index (κ1) is 18.7. The first-order valence-electron chi connectivity index (χ1n) is 9.47. The molecule has 0 spiro atoms. The van der Waals surface area contributed by atoms with Gasteiger partial charge in [-0.15, -0.1) is 0 Å². The van der Waals surface area contributed by atoms with Crippen molar-refractivity contribution in [1.29, 1.82) is 0 Å². The third kappa shape index (κ3) is 4.27. The van der Waals surface area contributed by atoms with Crippen molar-refractivity contribution in [3.8, 4) is 0 Å². The molecule has 1 aromatic rings. The van der Waals surface area contributed by atoms with Crippen LogP contribution in [0.5, 0.6) is 0 Å². The summed E-state index contributed by atoms with van der Waals surface area (Å²) in [6, 6.07) is 10.8. The van der Waals surface area contributed by atoms with Gasteiger partial charge in [-0.1, -0.05) is 84.0 Å². The van der Waals surface area contributed by atoms with E-state index in [1.54, 1.807) is 0 Å². The number of hydrogen-bond acceptors (Lipinski definition) is 1. The van der Waals surface area contributed by atoms with Gasteiger partial charge in [-0.25, -0.2) is 0 Å². The molecule has 0 aromatic heterocycles. The minimum Gasteiger partial charge on any atom is -0.370 e. The number of ether oxygens (including phenoxy) is 1. The van der Waals surface area contributed by atoms with E-state index >= 15 is 0 Å². The van der Waals surface area contributed by atoms with Crippen LogP contribution in [0, 0.1) is 0 Å². The highest BCUT2D eigenvalue weighted by atomic mass is 28.3. The van der Waals surface area contributed by atoms with Gasteiger partial charge < -0.3 is 4.74 Å². The van der Waals surface area contributed by atoms with Crippen molar-refractivity contribution in [2.45, 2.75) is 95.7 Å². The van der Waals surface area contributed by atoms with E-state index in [0.29, 0.717) is 17.2 Å². The summed E-state index contributed by atoms with van der Waals surface area (Å²) >= 11 is 0. The molecule has 130 valence electrons. The fourth-order valence-electron chi connectivity index (χ4n) is 3.86. The van der Waals surface area contributed by atoms with Gasteiger partial charge in [0.05, 0.1) is 20.3 Å². The van der Waals surface area contributed by atoms with Gasteiger partial charge in [0.1, 0.15) is 0 Å². The second-order valence-corrected chi connectivity index (χ2v) is 14.6. The van der Waals surface area contributed by atoms with Crippen molar-refractivity contribution >= 4 is 8.07 Å². The Morgan fingerprint density at radius 1 is 1.09 bits per heavy atom. The van der Waals surface area contributed by atoms with Crippen LogP contribution in [-0.4, -0.2) is 14.2 Å². The fraction of sp³-hybridized carbons (Fsp3) is 0.714. The van der Waals surface area contributed by atoms with Crippen molar-refractivity contribution in [3.05, 3.63) is 35.9 Å². The standard InChI is InChI=1S/C21H36OSi/c1-7-8-14-19-20(23(5,6)21(2,3)4)16-15-18(22-19)17-12-10-9-11-13-17/h9-13,18-20H,7-8,14-16H2,1-6H3/t18-,19-,20+/m1/s1. The zero-order valence-corrected chi connectivity index (χ0v) is 17.1. The number of unbranched alkanes of at least 4 members (excludes halogenated alkanes) is 1. The first-order valence-corrected chi connectivity index (χ1v) is 12.6. The van der Waals surface area contributed by atoms with E-state index in [1.807, 2.05) is 0 Å². The van der Waals surface area contributed by atoms with E-state index < -0.39 is 8.07 Å². The minimum absolute atomic E-state index is 0.305. The van der Waals surface area contributed by atoms with Gasteiger partial charge in [-0.05, 0) is 35.4 Å². The highest BCUT2D eigenvalue weighted by Crippen LogP contribution is 2.52. The Balaban J connectivity index is 2.18. The van der Waals surface area contributed by atoms with Crippen molar-refractivity contribution in [1.82, 2.24) is 0 Å². The quantitative estimate of drug-likeness (QED) is 0.529. The Morgan fingerprint density at radius 3 is 2.30 bits per heavy atom. The zero-order chi connectivity index (χ0) is 17.1. The summed E-state index contributed by atoms with van der Waals surface area (Å²) < 4.78 is 6.70. The first-order chi connectivity index (χ1) is 10.8. The molecule has 1 aromatic carbocycles. The molecule has 1 aliphatic rings. The summed E-state index contributed by atoms with van der Waals surface area (Å²) in [6.45, 7) is 14.8. The van der Waals surface area contributed by atoms with Gasteiger partial charge in [0, 0.05) is 0 Å². The maximum absolute atomic E-state index is 6.70. The normalized spacial score (nSPS) is 26.3. The van der Waals surface area contributed by atoms with E-state index in [-0.39, 0.29) is 0 Å². The third-order valence-electron chi connectivity index (χ3n) is 6.40. The van der Waals surface area contributed by atoms with Crippen LogP contribution >= 0.6 is 0 Å². The number of hydrogen-bond donors (Lipinski definition) is 0. The summed E-state index contributed by atoms with van der Waals surface area (Å²) in [7, 11) is -1.37. The molecule has 0 N–H and O–H groups in total. The molecule has 1 nitrogen and oxygen atoms in total. The lowest BCUT2D eigenvalue weighted by atomic mass is 9.95. The molecule has 1 fully saturated rings. The molecule has 1 saturated heterocycles. The summed E-state index contributed by atoms with van der Waals surface area (Å²) in [5.41, 5.74) is 2.15. The van der Waals surface area contributed by atoms with E-state index in [2.05, 4.69) is 71.1 Å². The zero-order valence-electron chi connectivity index (χ0n) is 16.1. The van der Waals surface area contributed by atoms with Gasteiger partial charge in [-0.3, -0.25) is 0 Å². The third-order valence-corrected chi connectivity index (χ3v) is 12.8. The summed E-state index contributed by atoms with van der Waals surface area (Å²) in [5, 5.41) is 0.436. The Hall–Kier alpha value is -0.603. The average molecular weight is 333 g/mol. The molecule has 1 heterocycles. The molecule has 1 aliphatic heterocycles. The lowest BCUT2D eigenvalue weighted by Crippen LogP contribution is -2.49. The van der Waals surface area contributed by atoms with Crippen LogP contribution in [-0.2, 0) is 4.74 Å². The molecule has 0 radical (unpaired) electrons. The second-order valence-electron chi connectivity index (χ2n) is 8.87. The Bertz CT molecular complexity index is 474. The van der Waals surface area contributed by atoms with E-state index in [4.69, 9.17) is 4.74 Å². The van der Waals surface area contributed by atoms with Crippen molar-refractivity contribution in [2.24, 2.45) is 0 Å². The van der Waals surface area contributed by atoms with Crippen LogP contribution in [0.25, 0.3) is 0 Å². The highest BCUT2D eigenvalue weighted by molar-refractivity contribution is 6.81. The fourth-order valence-corrected chi connectivity index (χ4v) is 7.04. The monoisotopic (exact) mass is 332 g/mol. The van der Waals surface area contributed by atoms with Crippen LogP contribution in [0.15, 0.2) is 30.3 Å². The Labute approximate surface area is 144 Å². The smallest absolute Gasteiger partial charge is 0.0828 e. The summed E-state index contributed by atoms with van der Waals surface area (Å²) in [4.78, 5) is 0.